The van der Waals surface area contributed by atoms with Crippen LogP contribution in [0.15, 0.2) is 0 Å². The van der Waals surface area contributed by atoms with Crippen LogP contribution in [-0.4, -0.2) is 35.0 Å². The second-order valence-corrected chi connectivity index (χ2v) is 4.75. The number of likely N-dealkylation sites (tertiary alicyclic amines) is 1. The van der Waals surface area contributed by atoms with Gasteiger partial charge in [-0.1, -0.05) is 19.3 Å². The lowest BCUT2D eigenvalue weighted by molar-refractivity contribution is -0.137. The molecule has 17 heavy (non-hydrogen) atoms. The summed E-state index contributed by atoms with van der Waals surface area (Å²) in [7, 11) is 0. The molecule has 4 nitrogen and oxygen atoms in total. The molecular formula is C13H23NO3. The van der Waals surface area contributed by atoms with E-state index in [1.165, 1.54) is 19.3 Å². The Morgan fingerprint density at radius 3 is 2.00 bits per heavy atom. The number of carboxylic acid groups (broad SMARTS) is 1. The van der Waals surface area contributed by atoms with Gasteiger partial charge in [0.25, 0.3) is 0 Å². The molecule has 0 aromatic heterocycles. The van der Waals surface area contributed by atoms with Gasteiger partial charge in [-0.25, -0.2) is 0 Å². The van der Waals surface area contributed by atoms with Gasteiger partial charge in [-0.3, -0.25) is 9.59 Å². The minimum atomic E-state index is -0.774. The molecule has 0 spiro atoms. The van der Waals surface area contributed by atoms with Gasteiger partial charge in [0.2, 0.25) is 5.91 Å². The zero-order valence-electron chi connectivity index (χ0n) is 10.5. The van der Waals surface area contributed by atoms with Crippen molar-refractivity contribution in [3.05, 3.63) is 0 Å². The first-order valence-electron chi connectivity index (χ1n) is 6.70. The molecule has 0 unspecified atom stereocenters. The summed E-state index contributed by atoms with van der Waals surface area (Å²) < 4.78 is 0. The lowest BCUT2D eigenvalue weighted by atomic mass is 10.1. The van der Waals surface area contributed by atoms with Gasteiger partial charge in [-0.05, 0) is 25.7 Å². The molecule has 0 radical (unpaired) electrons. The maximum atomic E-state index is 11.9. The Morgan fingerprint density at radius 2 is 1.41 bits per heavy atom. The molecule has 0 aliphatic carbocycles. The Kier molecular flexibility index (Phi) is 6.67. The average Bonchev–Trinajstić information content (AvgIpc) is 2.23. The zero-order valence-corrected chi connectivity index (χ0v) is 10.5. The molecule has 1 N–H and O–H groups in total. The van der Waals surface area contributed by atoms with E-state index >= 15 is 0 Å². The summed E-state index contributed by atoms with van der Waals surface area (Å²) in [5, 5.41) is 8.50. The van der Waals surface area contributed by atoms with Gasteiger partial charge in [0.05, 0.1) is 0 Å². The van der Waals surface area contributed by atoms with E-state index in [1.807, 2.05) is 4.90 Å². The van der Waals surface area contributed by atoms with E-state index in [9.17, 15) is 9.59 Å². The lowest BCUT2D eigenvalue weighted by Crippen LogP contribution is -2.33. The fourth-order valence-corrected chi connectivity index (χ4v) is 2.21. The van der Waals surface area contributed by atoms with Gasteiger partial charge in [0, 0.05) is 25.9 Å². The van der Waals surface area contributed by atoms with E-state index in [-0.39, 0.29) is 12.3 Å². The summed E-state index contributed by atoms with van der Waals surface area (Å²) in [4.78, 5) is 24.2. The standard InChI is InChI=1S/C13H23NO3/c15-12(8-4-5-9-13(16)17)14-10-6-2-1-3-7-11-14/h1-11H2,(H,16,17). The monoisotopic (exact) mass is 241 g/mol. The Balaban J connectivity index is 2.18. The molecule has 0 aromatic rings. The normalized spacial score (nSPS) is 17.3. The SMILES string of the molecule is O=C(O)CCCCC(=O)N1CCCCCCC1. The molecular weight excluding hydrogens is 218 g/mol. The van der Waals surface area contributed by atoms with Gasteiger partial charge in [0.1, 0.15) is 0 Å². The highest BCUT2D eigenvalue weighted by Crippen LogP contribution is 2.12. The molecule has 1 rings (SSSR count). The van der Waals surface area contributed by atoms with Gasteiger partial charge in [0.15, 0.2) is 0 Å². The van der Waals surface area contributed by atoms with E-state index in [0.717, 1.165) is 25.9 Å². The number of amides is 1. The summed E-state index contributed by atoms with van der Waals surface area (Å²) >= 11 is 0. The van der Waals surface area contributed by atoms with Gasteiger partial charge in [-0.2, -0.15) is 0 Å². The predicted molar refractivity (Wildman–Crippen MR) is 65.8 cm³/mol. The molecule has 0 saturated carbocycles. The summed E-state index contributed by atoms with van der Waals surface area (Å²) in [6.07, 6.45) is 7.95. The van der Waals surface area contributed by atoms with Crippen LogP contribution in [0.3, 0.4) is 0 Å². The highest BCUT2D eigenvalue weighted by atomic mass is 16.4. The van der Waals surface area contributed by atoms with Gasteiger partial charge in [-0.15, -0.1) is 0 Å². The third-order valence-electron chi connectivity index (χ3n) is 3.24. The minimum Gasteiger partial charge on any atom is -0.481 e. The van der Waals surface area contributed by atoms with E-state index < -0.39 is 5.97 Å². The van der Waals surface area contributed by atoms with Crippen LogP contribution >= 0.6 is 0 Å². The highest BCUT2D eigenvalue weighted by molar-refractivity contribution is 5.76. The van der Waals surface area contributed by atoms with Crippen molar-refractivity contribution in [2.75, 3.05) is 13.1 Å². The summed E-state index contributed by atoms with van der Waals surface area (Å²) in [6, 6.07) is 0. The molecule has 1 aliphatic heterocycles. The number of nitrogens with zero attached hydrogens (tertiary/aromatic N) is 1. The van der Waals surface area contributed by atoms with E-state index in [0.29, 0.717) is 19.3 Å². The molecule has 1 saturated heterocycles. The largest absolute Gasteiger partial charge is 0.481 e. The number of carbonyl (C=O) groups is 2. The van der Waals surface area contributed by atoms with Crippen LogP contribution in [-0.2, 0) is 9.59 Å². The molecule has 1 fully saturated rings. The van der Waals surface area contributed by atoms with Crippen molar-refractivity contribution in [1.82, 2.24) is 4.90 Å². The summed E-state index contributed by atoms with van der Waals surface area (Å²) in [5.74, 6) is -0.569. The van der Waals surface area contributed by atoms with Gasteiger partial charge < -0.3 is 10.0 Å². The van der Waals surface area contributed by atoms with Gasteiger partial charge >= 0.3 is 5.97 Å². The topological polar surface area (TPSA) is 57.6 Å². The van der Waals surface area contributed by atoms with Crippen molar-refractivity contribution in [1.29, 1.82) is 0 Å². The van der Waals surface area contributed by atoms with E-state index in [1.54, 1.807) is 0 Å². The summed E-state index contributed by atoms with van der Waals surface area (Å²) in [6.45, 7) is 1.77. The lowest BCUT2D eigenvalue weighted by Gasteiger charge is -2.24. The van der Waals surface area contributed by atoms with E-state index in [4.69, 9.17) is 5.11 Å². The van der Waals surface area contributed by atoms with Crippen molar-refractivity contribution in [2.45, 2.75) is 57.8 Å². The Hall–Kier alpha value is -1.06. The van der Waals surface area contributed by atoms with Crippen LogP contribution in [0.4, 0.5) is 0 Å². The molecule has 1 heterocycles. The molecule has 4 heteroatoms. The average molecular weight is 241 g/mol. The predicted octanol–water partition coefficient (Wildman–Crippen LogP) is 2.42. The fourth-order valence-electron chi connectivity index (χ4n) is 2.21. The first-order valence-corrected chi connectivity index (χ1v) is 6.70. The van der Waals surface area contributed by atoms with Crippen LogP contribution < -0.4 is 0 Å². The molecule has 1 aliphatic rings. The van der Waals surface area contributed by atoms with Crippen molar-refractivity contribution in [2.24, 2.45) is 0 Å². The maximum Gasteiger partial charge on any atom is 0.303 e. The first-order chi connectivity index (χ1) is 8.20. The Bertz CT molecular complexity index is 245. The molecule has 0 atom stereocenters. The van der Waals surface area contributed by atoms with Crippen molar-refractivity contribution in [3.63, 3.8) is 0 Å². The maximum absolute atomic E-state index is 11.9. The Morgan fingerprint density at radius 1 is 0.882 bits per heavy atom. The third-order valence-corrected chi connectivity index (χ3v) is 3.24. The molecule has 0 bridgehead atoms. The number of hydrogen-bond acceptors (Lipinski definition) is 2. The van der Waals surface area contributed by atoms with Crippen molar-refractivity contribution < 1.29 is 14.7 Å². The van der Waals surface area contributed by atoms with Crippen molar-refractivity contribution in [3.8, 4) is 0 Å². The second-order valence-electron chi connectivity index (χ2n) is 4.75. The highest BCUT2D eigenvalue weighted by Gasteiger charge is 2.14. The molecule has 1 amide bonds. The number of carboxylic acids is 1. The van der Waals surface area contributed by atoms with Crippen LogP contribution in [0.2, 0.25) is 0 Å². The fraction of sp³-hybridized carbons (Fsp3) is 0.846. The quantitative estimate of drug-likeness (QED) is 0.752. The number of hydrogen-bond donors (Lipinski definition) is 1. The van der Waals surface area contributed by atoms with Crippen LogP contribution in [0, 0.1) is 0 Å². The van der Waals surface area contributed by atoms with E-state index in [2.05, 4.69) is 0 Å². The second kappa shape index (κ2) is 8.09. The molecule has 0 aromatic carbocycles. The number of unbranched alkanes of at least 4 members (excludes halogenated alkanes) is 1. The minimum absolute atomic E-state index is 0.174. The molecule has 98 valence electrons. The number of carbonyl (C=O) groups excluding carboxylic acids is 1. The first kappa shape index (κ1) is 14.0. The number of aliphatic carboxylic acids is 1. The third kappa shape index (κ3) is 6.29. The van der Waals surface area contributed by atoms with Crippen LogP contribution in [0.25, 0.3) is 0 Å². The van der Waals surface area contributed by atoms with Crippen LogP contribution in [0.1, 0.15) is 57.8 Å². The number of rotatable bonds is 5. The van der Waals surface area contributed by atoms with Crippen molar-refractivity contribution >= 4 is 11.9 Å². The smallest absolute Gasteiger partial charge is 0.303 e. The Labute approximate surface area is 103 Å². The summed E-state index contributed by atoms with van der Waals surface area (Å²) in [5.41, 5.74) is 0. The zero-order chi connectivity index (χ0) is 12.5. The van der Waals surface area contributed by atoms with Crippen LogP contribution in [0.5, 0.6) is 0 Å².